The molecule has 0 spiro atoms. The van der Waals surface area contributed by atoms with Gasteiger partial charge in [0.05, 0.1) is 0 Å². The molecule has 0 aliphatic carbocycles. The fourth-order valence-electron chi connectivity index (χ4n) is 0.840. The van der Waals surface area contributed by atoms with Crippen molar-refractivity contribution in [2.24, 2.45) is 0 Å². The predicted octanol–water partition coefficient (Wildman–Crippen LogP) is 3.09. The molecule has 0 N–H and O–H groups in total. The summed E-state index contributed by atoms with van der Waals surface area (Å²) < 4.78 is 0. The highest BCUT2D eigenvalue weighted by Gasteiger charge is 2.00. The van der Waals surface area contributed by atoms with Crippen LogP contribution in [0.3, 0.4) is 0 Å². The van der Waals surface area contributed by atoms with E-state index < -0.39 is 0 Å². The molecular weight excluding hydrogens is 128 g/mol. The van der Waals surface area contributed by atoms with Crippen LogP contribution in [0.5, 0.6) is 0 Å². The second-order valence-electron chi connectivity index (χ2n) is 2.17. The molecule has 1 heteroatoms. The van der Waals surface area contributed by atoms with Crippen molar-refractivity contribution in [3.05, 3.63) is 12.7 Å². The summed E-state index contributed by atoms with van der Waals surface area (Å²) in [4.78, 5) is 0. The number of hydrogen-bond donors (Lipinski definition) is 0. The molecule has 0 nitrogen and oxygen atoms in total. The van der Waals surface area contributed by atoms with Crippen LogP contribution in [0.25, 0.3) is 0 Å². The van der Waals surface area contributed by atoms with E-state index in [9.17, 15) is 0 Å². The van der Waals surface area contributed by atoms with E-state index in [2.05, 4.69) is 19.8 Å². The van der Waals surface area contributed by atoms with Crippen molar-refractivity contribution < 1.29 is 0 Å². The predicted molar refractivity (Wildman–Crippen MR) is 47.0 cm³/mol. The fraction of sp³-hybridized carbons (Fsp3) is 0.750. The maximum Gasteiger partial charge on any atom is 0.00785 e. The highest BCUT2D eigenvalue weighted by atomic mass is 32.2. The second kappa shape index (κ2) is 6.21. The molecule has 0 bridgehead atoms. The molecule has 0 saturated heterocycles. The first-order valence-electron chi connectivity index (χ1n) is 3.48. The molecule has 0 fully saturated rings. The van der Waals surface area contributed by atoms with Crippen molar-refractivity contribution >= 4 is 11.8 Å². The van der Waals surface area contributed by atoms with Gasteiger partial charge in [0, 0.05) is 5.25 Å². The third kappa shape index (κ3) is 4.58. The first-order chi connectivity index (χ1) is 4.35. The summed E-state index contributed by atoms with van der Waals surface area (Å²) in [6.07, 6.45) is 7.96. The number of rotatable bonds is 5. The number of hydrogen-bond acceptors (Lipinski definition) is 1. The topological polar surface area (TPSA) is 0 Å². The Morgan fingerprint density at radius 2 is 2.33 bits per heavy atom. The Morgan fingerprint density at radius 3 is 2.67 bits per heavy atom. The maximum atomic E-state index is 3.72. The van der Waals surface area contributed by atoms with Crippen LogP contribution in [0, 0.1) is 0 Å². The third-order valence-corrected chi connectivity index (χ3v) is 2.47. The smallest absolute Gasteiger partial charge is 0.00785 e. The van der Waals surface area contributed by atoms with E-state index in [0.29, 0.717) is 0 Å². The van der Waals surface area contributed by atoms with Gasteiger partial charge in [0.25, 0.3) is 0 Å². The highest BCUT2D eigenvalue weighted by molar-refractivity contribution is 7.99. The lowest BCUT2D eigenvalue weighted by molar-refractivity contribution is 0.748. The first kappa shape index (κ1) is 9.09. The molecule has 0 rings (SSSR count). The van der Waals surface area contributed by atoms with Crippen molar-refractivity contribution in [1.82, 2.24) is 0 Å². The van der Waals surface area contributed by atoms with E-state index in [1.54, 1.807) is 0 Å². The normalized spacial score (nSPS) is 13.1. The van der Waals surface area contributed by atoms with Gasteiger partial charge >= 0.3 is 0 Å². The monoisotopic (exact) mass is 144 g/mol. The van der Waals surface area contributed by atoms with Crippen LogP contribution in [0.15, 0.2) is 12.7 Å². The summed E-state index contributed by atoms with van der Waals surface area (Å²) in [6.45, 7) is 5.95. The van der Waals surface area contributed by atoms with Gasteiger partial charge in [0.15, 0.2) is 0 Å². The molecule has 0 saturated carbocycles. The van der Waals surface area contributed by atoms with Crippen LogP contribution in [-0.4, -0.2) is 11.5 Å². The molecule has 0 heterocycles. The van der Waals surface area contributed by atoms with Gasteiger partial charge in [-0.15, -0.1) is 6.58 Å². The Hall–Kier alpha value is 0.0900. The van der Waals surface area contributed by atoms with E-state index in [-0.39, 0.29) is 0 Å². The molecule has 0 aromatic carbocycles. The SMILES string of the molecule is C=CCC(CCC)SC. The minimum atomic E-state index is 0.812. The van der Waals surface area contributed by atoms with Gasteiger partial charge in [-0.3, -0.25) is 0 Å². The van der Waals surface area contributed by atoms with Crippen LogP contribution >= 0.6 is 11.8 Å². The molecule has 0 radical (unpaired) electrons. The van der Waals surface area contributed by atoms with Crippen LogP contribution in [0.1, 0.15) is 26.2 Å². The van der Waals surface area contributed by atoms with E-state index in [1.807, 2.05) is 17.8 Å². The summed E-state index contributed by atoms with van der Waals surface area (Å²) in [5.41, 5.74) is 0. The van der Waals surface area contributed by atoms with Crippen molar-refractivity contribution in [2.45, 2.75) is 31.4 Å². The lowest BCUT2D eigenvalue weighted by Crippen LogP contribution is -1.98. The van der Waals surface area contributed by atoms with Gasteiger partial charge in [0.1, 0.15) is 0 Å². The standard InChI is InChI=1S/C8H16S/c1-4-6-8(9-3)7-5-2/h4,8H,1,5-7H2,2-3H3. The lowest BCUT2D eigenvalue weighted by Gasteiger charge is -2.08. The molecule has 1 unspecified atom stereocenters. The lowest BCUT2D eigenvalue weighted by atomic mass is 10.2. The average molecular weight is 144 g/mol. The molecule has 9 heavy (non-hydrogen) atoms. The molecule has 54 valence electrons. The molecule has 0 aliphatic heterocycles. The Bertz CT molecular complexity index is 69.0. The zero-order valence-electron chi connectivity index (χ0n) is 6.39. The van der Waals surface area contributed by atoms with Gasteiger partial charge < -0.3 is 0 Å². The van der Waals surface area contributed by atoms with Crippen molar-refractivity contribution in [3.63, 3.8) is 0 Å². The Balaban J connectivity index is 3.28. The summed E-state index contributed by atoms with van der Waals surface area (Å²) >= 11 is 1.95. The molecule has 0 amide bonds. The Labute approximate surface area is 62.7 Å². The van der Waals surface area contributed by atoms with Crippen LogP contribution in [-0.2, 0) is 0 Å². The maximum absolute atomic E-state index is 3.72. The van der Waals surface area contributed by atoms with Gasteiger partial charge in [-0.2, -0.15) is 11.8 Å². The minimum absolute atomic E-state index is 0.812. The van der Waals surface area contributed by atoms with Crippen LogP contribution in [0.4, 0.5) is 0 Å². The van der Waals surface area contributed by atoms with E-state index >= 15 is 0 Å². The number of thioether (sulfide) groups is 1. The van der Waals surface area contributed by atoms with Crippen LogP contribution < -0.4 is 0 Å². The van der Waals surface area contributed by atoms with Crippen molar-refractivity contribution in [2.75, 3.05) is 6.26 Å². The fourth-order valence-corrected chi connectivity index (χ4v) is 1.64. The van der Waals surface area contributed by atoms with E-state index in [0.717, 1.165) is 11.7 Å². The first-order valence-corrected chi connectivity index (χ1v) is 4.77. The molecule has 0 aromatic rings. The second-order valence-corrected chi connectivity index (χ2v) is 3.31. The van der Waals surface area contributed by atoms with Gasteiger partial charge in [-0.25, -0.2) is 0 Å². The van der Waals surface area contributed by atoms with E-state index in [4.69, 9.17) is 0 Å². The largest absolute Gasteiger partial charge is 0.162 e. The average Bonchev–Trinajstić information content (AvgIpc) is 1.88. The third-order valence-electron chi connectivity index (χ3n) is 1.37. The zero-order valence-corrected chi connectivity index (χ0v) is 7.21. The van der Waals surface area contributed by atoms with Crippen molar-refractivity contribution in [1.29, 1.82) is 0 Å². The molecular formula is C8H16S. The molecule has 1 atom stereocenters. The zero-order chi connectivity index (χ0) is 7.11. The Kier molecular flexibility index (Phi) is 6.28. The van der Waals surface area contributed by atoms with Crippen LogP contribution in [0.2, 0.25) is 0 Å². The Morgan fingerprint density at radius 1 is 1.67 bits per heavy atom. The van der Waals surface area contributed by atoms with Crippen molar-refractivity contribution in [3.8, 4) is 0 Å². The van der Waals surface area contributed by atoms with Gasteiger partial charge in [-0.1, -0.05) is 19.4 Å². The number of allylic oxidation sites excluding steroid dienone is 1. The summed E-state index contributed by atoms with van der Waals surface area (Å²) in [7, 11) is 0. The van der Waals surface area contributed by atoms with Gasteiger partial charge in [0.2, 0.25) is 0 Å². The summed E-state index contributed by atoms with van der Waals surface area (Å²) in [5.74, 6) is 0. The van der Waals surface area contributed by atoms with E-state index in [1.165, 1.54) is 12.8 Å². The van der Waals surface area contributed by atoms with Gasteiger partial charge in [-0.05, 0) is 19.1 Å². The molecule has 0 aliphatic rings. The molecule has 0 aromatic heterocycles. The quantitative estimate of drug-likeness (QED) is 0.534. The minimum Gasteiger partial charge on any atom is -0.162 e. The summed E-state index contributed by atoms with van der Waals surface area (Å²) in [5, 5.41) is 0.812. The highest BCUT2D eigenvalue weighted by Crippen LogP contribution is 2.16. The summed E-state index contributed by atoms with van der Waals surface area (Å²) in [6, 6.07) is 0.